The molecular formula is C15H23ClO2. The molecular weight excluding hydrogens is 248 g/mol. The molecule has 0 fully saturated rings. The number of halogens is 1. The fourth-order valence-electron chi connectivity index (χ4n) is 1.79. The van der Waals surface area contributed by atoms with Crippen molar-refractivity contribution >= 4 is 11.6 Å². The zero-order chi connectivity index (χ0) is 13.2. The van der Waals surface area contributed by atoms with Crippen molar-refractivity contribution in [2.24, 2.45) is 5.92 Å². The summed E-state index contributed by atoms with van der Waals surface area (Å²) in [5, 5.41) is 0.0637. The highest BCUT2D eigenvalue weighted by molar-refractivity contribution is 6.20. The first-order valence-corrected chi connectivity index (χ1v) is 6.95. The van der Waals surface area contributed by atoms with Gasteiger partial charge in [0.05, 0.1) is 5.38 Å². The van der Waals surface area contributed by atoms with E-state index in [9.17, 15) is 0 Å². The van der Waals surface area contributed by atoms with Crippen LogP contribution >= 0.6 is 11.6 Å². The molecule has 0 N–H and O–H groups in total. The smallest absolute Gasteiger partial charge is 0.0611 e. The average Bonchev–Trinajstić information content (AvgIpc) is 2.42. The lowest BCUT2D eigenvalue weighted by atomic mass is 9.98. The summed E-state index contributed by atoms with van der Waals surface area (Å²) >= 11 is 6.44. The third-order valence-corrected chi connectivity index (χ3v) is 3.65. The van der Waals surface area contributed by atoms with Gasteiger partial charge in [0.25, 0.3) is 0 Å². The minimum atomic E-state index is 0.0637. The molecule has 18 heavy (non-hydrogen) atoms. The van der Waals surface area contributed by atoms with Crippen molar-refractivity contribution in [3.05, 3.63) is 35.9 Å². The van der Waals surface area contributed by atoms with Crippen LogP contribution in [0.4, 0.5) is 0 Å². The quantitative estimate of drug-likeness (QED) is 0.498. The van der Waals surface area contributed by atoms with Gasteiger partial charge >= 0.3 is 0 Å². The maximum atomic E-state index is 6.44. The Labute approximate surface area is 115 Å². The molecule has 102 valence electrons. The largest absolute Gasteiger partial charge is 0.385 e. The van der Waals surface area contributed by atoms with E-state index >= 15 is 0 Å². The summed E-state index contributed by atoms with van der Waals surface area (Å²) in [5.41, 5.74) is 1.19. The predicted octanol–water partition coefficient (Wildman–Crippen LogP) is 4.05. The Bertz CT molecular complexity index is 303. The molecule has 0 amide bonds. The number of methoxy groups -OCH3 is 1. The number of benzene rings is 1. The number of hydrogen-bond acceptors (Lipinski definition) is 2. The standard InChI is InChI=1S/C15H23ClO2/c1-13(9-12-18-11-6-10-17-2)15(16)14-7-4-3-5-8-14/h3-5,7-8,13,15H,6,9-12H2,1-2H3. The zero-order valence-corrected chi connectivity index (χ0v) is 12.0. The highest BCUT2D eigenvalue weighted by Crippen LogP contribution is 2.30. The molecule has 0 bridgehead atoms. The Balaban J connectivity index is 2.18. The SMILES string of the molecule is COCCCOCCC(C)C(Cl)c1ccccc1. The Morgan fingerprint density at radius 3 is 2.50 bits per heavy atom. The number of rotatable bonds is 9. The molecule has 0 aromatic heterocycles. The number of alkyl halides is 1. The highest BCUT2D eigenvalue weighted by atomic mass is 35.5. The van der Waals surface area contributed by atoms with Gasteiger partial charge in [0, 0.05) is 26.9 Å². The molecule has 0 aliphatic heterocycles. The van der Waals surface area contributed by atoms with Crippen LogP contribution < -0.4 is 0 Å². The molecule has 1 aromatic rings. The minimum Gasteiger partial charge on any atom is -0.385 e. The first-order chi connectivity index (χ1) is 8.75. The molecule has 0 heterocycles. The second kappa shape index (κ2) is 9.37. The van der Waals surface area contributed by atoms with Gasteiger partial charge in [-0.3, -0.25) is 0 Å². The summed E-state index contributed by atoms with van der Waals surface area (Å²) in [6.07, 6.45) is 1.93. The third-order valence-electron chi connectivity index (χ3n) is 2.97. The normalized spacial score (nSPS) is 14.4. The van der Waals surface area contributed by atoms with E-state index in [0.717, 1.165) is 32.7 Å². The Morgan fingerprint density at radius 2 is 1.83 bits per heavy atom. The van der Waals surface area contributed by atoms with Crippen LogP contribution in [0.15, 0.2) is 30.3 Å². The Kier molecular flexibility index (Phi) is 8.06. The van der Waals surface area contributed by atoms with E-state index in [1.165, 1.54) is 5.56 Å². The molecule has 2 unspecified atom stereocenters. The first-order valence-electron chi connectivity index (χ1n) is 6.51. The second-order valence-corrected chi connectivity index (χ2v) is 5.01. The van der Waals surface area contributed by atoms with Crippen LogP contribution in [0.1, 0.15) is 30.7 Å². The Morgan fingerprint density at radius 1 is 1.11 bits per heavy atom. The van der Waals surface area contributed by atoms with Crippen molar-refractivity contribution in [3.8, 4) is 0 Å². The second-order valence-electron chi connectivity index (χ2n) is 4.54. The van der Waals surface area contributed by atoms with E-state index in [1.807, 2.05) is 18.2 Å². The summed E-state index contributed by atoms with van der Waals surface area (Å²) < 4.78 is 10.5. The summed E-state index contributed by atoms with van der Waals surface area (Å²) in [6, 6.07) is 10.2. The van der Waals surface area contributed by atoms with Crippen molar-refractivity contribution < 1.29 is 9.47 Å². The summed E-state index contributed by atoms with van der Waals surface area (Å²) in [4.78, 5) is 0. The van der Waals surface area contributed by atoms with Gasteiger partial charge in [0.2, 0.25) is 0 Å². The van der Waals surface area contributed by atoms with Gasteiger partial charge in [-0.2, -0.15) is 0 Å². The minimum absolute atomic E-state index is 0.0637. The monoisotopic (exact) mass is 270 g/mol. The molecule has 1 aromatic carbocycles. The van der Waals surface area contributed by atoms with Crippen LogP contribution in [-0.4, -0.2) is 26.9 Å². The molecule has 3 heteroatoms. The maximum absolute atomic E-state index is 6.44. The molecule has 0 aliphatic carbocycles. The average molecular weight is 271 g/mol. The van der Waals surface area contributed by atoms with Crippen LogP contribution in [0.25, 0.3) is 0 Å². The van der Waals surface area contributed by atoms with Crippen LogP contribution in [0.2, 0.25) is 0 Å². The maximum Gasteiger partial charge on any atom is 0.0611 e. The van der Waals surface area contributed by atoms with Gasteiger partial charge in [-0.1, -0.05) is 37.3 Å². The topological polar surface area (TPSA) is 18.5 Å². The highest BCUT2D eigenvalue weighted by Gasteiger charge is 2.15. The molecule has 1 rings (SSSR count). The van der Waals surface area contributed by atoms with Crippen LogP contribution in [0.3, 0.4) is 0 Å². The van der Waals surface area contributed by atoms with Crippen molar-refractivity contribution in [2.75, 3.05) is 26.9 Å². The summed E-state index contributed by atoms with van der Waals surface area (Å²) in [6.45, 7) is 4.46. The molecule has 0 radical (unpaired) electrons. The van der Waals surface area contributed by atoms with E-state index in [-0.39, 0.29) is 5.38 Å². The van der Waals surface area contributed by atoms with Crippen LogP contribution in [-0.2, 0) is 9.47 Å². The molecule has 0 aliphatic rings. The van der Waals surface area contributed by atoms with Crippen molar-refractivity contribution in [2.45, 2.75) is 25.1 Å². The molecule has 0 saturated heterocycles. The van der Waals surface area contributed by atoms with E-state index in [4.69, 9.17) is 21.1 Å². The van der Waals surface area contributed by atoms with Gasteiger partial charge < -0.3 is 9.47 Å². The van der Waals surface area contributed by atoms with Gasteiger partial charge in [0.1, 0.15) is 0 Å². The van der Waals surface area contributed by atoms with Gasteiger partial charge in [-0.05, 0) is 24.3 Å². The number of hydrogen-bond donors (Lipinski definition) is 0. The molecule has 0 saturated carbocycles. The zero-order valence-electron chi connectivity index (χ0n) is 11.3. The molecule has 2 atom stereocenters. The summed E-state index contributed by atoms with van der Waals surface area (Å²) in [5.74, 6) is 0.413. The Hall–Kier alpha value is -0.570. The lowest BCUT2D eigenvalue weighted by molar-refractivity contribution is 0.0946. The molecule has 2 nitrogen and oxygen atoms in total. The van der Waals surface area contributed by atoms with Crippen molar-refractivity contribution in [3.63, 3.8) is 0 Å². The predicted molar refractivity (Wildman–Crippen MR) is 76.1 cm³/mol. The lowest BCUT2D eigenvalue weighted by Crippen LogP contribution is -2.09. The first kappa shape index (κ1) is 15.5. The van der Waals surface area contributed by atoms with E-state index in [1.54, 1.807) is 7.11 Å². The van der Waals surface area contributed by atoms with Crippen molar-refractivity contribution in [1.82, 2.24) is 0 Å². The van der Waals surface area contributed by atoms with Crippen LogP contribution in [0.5, 0.6) is 0 Å². The third kappa shape index (κ3) is 5.85. The number of ether oxygens (including phenoxy) is 2. The van der Waals surface area contributed by atoms with Gasteiger partial charge in [-0.15, -0.1) is 11.6 Å². The van der Waals surface area contributed by atoms with Crippen molar-refractivity contribution in [1.29, 1.82) is 0 Å². The lowest BCUT2D eigenvalue weighted by Gasteiger charge is -2.18. The fraction of sp³-hybridized carbons (Fsp3) is 0.600. The fourth-order valence-corrected chi connectivity index (χ4v) is 2.06. The van der Waals surface area contributed by atoms with E-state index < -0.39 is 0 Å². The molecule has 0 spiro atoms. The summed E-state index contributed by atoms with van der Waals surface area (Å²) in [7, 11) is 1.71. The van der Waals surface area contributed by atoms with Crippen LogP contribution in [0, 0.1) is 5.92 Å². The van der Waals surface area contributed by atoms with Gasteiger partial charge in [0.15, 0.2) is 0 Å². The van der Waals surface area contributed by atoms with Gasteiger partial charge in [-0.25, -0.2) is 0 Å². The van der Waals surface area contributed by atoms with E-state index in [0.29, 0.717) is 5.92 Å². The van der Waals surface area contributed by atoms with E-state index in [2.05, 4.69) is 19.1 Å².